The van der Waals surface area contributed by atoms with Gasteiger partial charge in [-0.1, -0.05) is 13.8 Å². The molecular formula is C10H14N2O. The van der Waals surface area contributed by atoms with Gasteiger partial charge in [0.1, 0.15) is 5.75 Å². The molecule has 0 saturated carbocycles. The van der Waals surface area contributed by atoms with Crippen LogP contribution < -0.4 is 10.5 Å². The van der Waals surface area contributed by atoms with E-state index in [0.717, 1.165) is 0 Å². The molecule has 3 nitrogen and oxygen atoms in total. The van der Waals surface area contributed by atoms with E-state index in [0.29, 0.717) is 17.0 Å². The third kappa shape index (κ3) is 3.48. The van der Waals surface area contributed by atoms with Crippen molar-refractivity contribution in [3.63, 3.8) is 0 Å². The molecule has 1 aromatic rings. The smallest absolute Gasteiger partial charge is 0.122 e. The molecule has 70 valence electrons. The highest BCUT2D eigenvalue weighted by Crippen LogP contribution is 2.17. The van der Waals surface area contributed by atoms with Gasteiger partial charge in [-0.15, -0.1) is 0 Å². The molecule has 0 unspecified atom stereocenters. The molecule has 0 fully saturated rings. The van der Waals surface area contributed by atoms with E-state index in [2.05, 4.69) is 0 Å². The molecule has 2 N–H and O–H groups in total. The van der Waals surface area contributed by atoms with Gasteiger partial charge in [0.25, 0.3) is 0 Å². The van der Waals surface area contributed by atoms with Gasteiger partial charge in [-0.05, 0) is 12.1 Å². The van der Waals surface area contributed by atoms with E-state index in [1.165, 1.54) is 7.11 Å². The Bertz CT molecular complexity index is 302. The maximum atomic E-state index is 8.52. The molecule has 13 heavy (non-hydrogen) atoms. The molecule has 0 bridgehead atoms. The van der Waals surface area contributed by atoms with E-state index < -0.39 is 0 Å². The number of hydrogen-bond donors (Lipinski definition) is 1. The normalized spacial score (nSPS) is 7.85. The Morgan fingerprint density at radius 1 is 1.31 bits per heavy atom. The third-order valence-corrected chi connectivity index (χ3v) is 1.29. The number of benzene rings is 1. The van der Waals surface area contributed by atoms with Crippen LogP contribution in [0.4, 0.5) is 5.69 Å². The van der Waals surface area contributed by atoms with Crippen molar-refractivity contribution in [3.8, 4) is 11.8 Å². The van der Waals surface area contributed by atoms with Crippen molar-refractivity contribution in [2.45, 2.75) is 13.8 Å². The van der Waals surface area contributed by atoms with Crippen LogP contribution in [-0.2, 0) is 0 Å². The highest BCUT2D eigenvalue weighted by Gasteiger charge is 1.96. The van der Waals surface area contributed by atoms with Gasteiger partial charge in [0.2, 0.25) is 0 Å². The van der Waals surface area contributed by atoms with Crippen LogP contribution in [0.5, 0.6) is 5.75 Å². The number of ether oxygens (including phenoxy) is 1. The number of nitriles is 1. The van der Waals surface area contributed by atoms with E-state index in [4.69, 9.17) is 15.7 Å². The van der Waals surface area contributed by atoms with Crippen molar-refractivity contribution in [1.29, 1.82) is 5.26 Å². The Balaban J connectivity index is 0.000000671. The zero-order valence-electron chi connectivity index (χ0n) is 8.16. The van der Waals surface area contributed by atoms with Crippen molar-refractivity contribution < 1.29 is 4.74 Å². The summed E-state index contributed by atoms with van der Waals surface area (Å²) in [5.74, 6) is 0.613. The Hall–Kier alpha value is -1.69. The van der Waals surface area contributed by atoms with Crippen molar-refractivity contribution in [2.75, 3.05) is 12.8 Å². The summed E-state index contributed by atoms with van der Waals surface area (Å²) in [4.78, 5) is 0. The van der Waals surface area contributed by atoms with Gasteiger partial charge in [0.05, 0.1) is 18.7 Å². The van der Waals surface area contributed by atoms with Gasteiger partial charge in [-0.2, -0.15) is 5.26 Å². The molecule has 0 aliphatic carbocycles. The lowest BCUT2D eigenvalue weighted by Crippen LogP contribution is -1.89. The fraction of sp³-hybridized carbons (Fsp3) is 0.300. The Morgan fingerprint density at radius 3 is 2.38 bits per heavy atom. The Kier molecular flexibility index (Phi) is 5.13. The van der Waals surface area contributed by atoms with Crippen LogP contribution in [0.2, 0.25) is 0 Å². The number of nitrogens with two attached hydrogens (primary N) is 1. The molecule has 0 aliphatic rings. The summed E-state index contributed by atoms with van der Waals surface area (Å²) in [6, 6.07) is 6.88. The molecule has 0 atom stereocenters. The molecule has 1 rings (SSSR count). The van der Waals surface area contributed by atoms with Gasteiger partial charge in [-0.25, -0.2) is 0 Å². The summed E-state index contributed by atoms with van der Waals surface area (Å²) in [7, 11) is 1.54. The maximum absolute atomic E-state index is 8.52. The second-order valence-electron chi connectivity index (χ2n) is 2.11. The Morgan fingerprint density at radius 2 is 1.92 bits per heavy atom. The molecule has 0 saturated heterocycles. The third-order valence-electron chi connectivity index (χ3n) is 1.29. The topological polar surface area (TPSA) is 59.0 Å². The minimum absolute atomic E-state index is 0.516. The van der Waals surface area contributed by atoms with Crippen molar-refractivity contribution >= 4 is 5.69 Å². The Labute approximate surface area is 78.7 Å². The molecular weight excluding hydrogens is 164 g/mol. The van der Waals surface area contributed by atoms with Crippen molar-refractivity contribution in [1.82, 2.24) is 0 Å². The van der Waals surface area contributed by atoms with E-state index >= 15 is 0 Å². The average molecular weight is 178 g/mol. The second-order valence-corrected chi connectivity index (χ2v) is 2.11. The van der Waals surface area contributed by atoms with Crippen LogP contribution in [0.25, 0.3) is 0 Å². The molecule has 0 spiro atoms. The number of methoxy groups -OCH3 is 1. The fourth-order valence-corrected chi connectivity index (χ4v) is 0.804. The van der Waals surface area contributed by atoms with E-state index in [9.17, 15) is 0 Å². The van der Waals surface area contributed by atoms with Gasteiger partial charge < -0.3 is 10.5 Å². The van der Waals surface area contributed by atoms with Crippen LogP contribution in [0.3, 0.4) is 0 Å². The number of rotatable bonds is 1. The highest BCUT2D eigenvalue weighted by atomic mass is 16.5. The van der Waals surface area contributed by atoms with Crippen LogP contribution >= 0.6 is 0 Å². The van der Waals surface area contributed by atoms with E-state index in [1.807, 2.05) is 19.9 Å². The first-order valence-corrected chi connectivity index (χ1v) is 4.11. The number of hydrogen-bond acceptors (Lipinski definition) is 3. The quantitative estimate of drug-likeness (QED) is 0.670. The lowest BCUT2D eigenvalue weighted by atomic mass is 10.2. The SMILES string of the molecule is CC.COc1cc(N)cc(C#N)c1. The predicted molar refractivity (Wildman–Crippen MR) is 53.5 cm³/mol. The van der Waals surface area contributed by atoms with Crippen LogP contribution in [0.15, 0.2) is 18.2 Å². The average Bonchev–Trinajstić information content (AvgIpc) is 2.20. The monoisotopic (exact) mass is 178 g/mol. The van der Waals surface area contributed by atoms with E-state index in [-0.39, 0.29) is 0 Å². The summed E-state index contributed by atoms with van der Waals surface area (Å²) in [5, 5.41) is 8.52. The minimum Gasteiger partial charge on any atom is -0.497 e. The summed E-state index contributed by atoms with van der Waals surface area (Å²) in [6.45, 7) is 4.00. The summed E-state index contributed by atoms with van der Waals surface area (Å²) in [6.07, 6.45) is 0. The van der Waals surface area contributed by atoms with Crippen LogP contribution in [-0.4, -0.2) is 7.11 Å². The van der Waals surface area contributed by atoms with Crippen molar-refractivity contribution in [3.05, 3.63) is 23.8 Å². The first-order chi connectivity index (χ1) is 6.26. The molecule has 0 heterocycles. The van der Waals surface area contributed by atoms with Gasteiger partial charge in [0.15, 0.2) is 0 Å². The molecule has 1 aromatic carbocycles. The van der Waals surface area contributed by atoms with Crippen molar-refractivity contribution in [2.24, 2.45) is 0 Å². The first-order valence-electron chi connectivity index (χ1n) is 4.11. The standard InChI is InChI=1S/C8H8N2O.C2H6/c1-11-8-3-6(5-9)2-7(10)4-8;1-2/h2-4H,10H2,1H3;1-2H3. The zero-order chi connectivity index (χ0) is 10.3. The zero-order valence-corrected chi connectivity index (χ0v) is 8.16. The largest absolute Gasteiger partial charge is 0.497 e. The molecule has 0 radical (unpaired) electrons. The number of nitrogens with zero attached hydrogens (tertiary/aromatic N) is 1. The van der Waals surface area contributed by atoms with Gasteiger partial charge in [-0.3, -0.25) is 0 Å². The number of nitrogen functional groups attached to an aromatic ring is 1. The second kappa shape index (κ2) is 5.90. The lowest BCUT2D eigenvalue weighted by molar-refractivity contribution is 0.415. The van der Waals surface area contributed by atoms with Crippen LogP contribution in [0.1, 0.15) is 19.4 Å². The van der Waals surface area contributed by atoms with Crippen LogP contribution in [0, 0.1) is 11.3 Å². The molecule has 0 aromatic heterocycles. The molecule has 3 heteroatoms. The highest BCUT2D eigenvalue weighted by molar-refractivity contribution is 5.51. The number of anilines is 1. The lowest BCUT2D eigenvalue weighted by Gasteiger charge is -2.00. The summed E-state index contributed by atoms with van der Waals surface area (Å²) in [5.41, 5.74) is 6.54. The first kappa shape index (κ1) is 11.3. The maximum Gasteiger partial charge on any atom is 0.122 e. The van der Waals surface area contributed by atoms with E-state index in [1.54, 1.807) is 18.2 Å². The predicted octanol–water partition coefficient (Wildman–Crippen LogP) is 2.18. The van der Waals surface area contributed by atoms with Gasteiger partial charge in [0, 0.05) is 11.8 Å². The fourth-order valence-electron chi connectivity index (χ4n) is 0.804. The molecule has 0 aliphatic heterocycles. The molecule has 0 amide bonds. The summed E-state index contributed by atoms with van der Waals surface area (Å²) >= 11 is 0. The minimum atomic E-state index is 0.516. The van der Waals surface area contributed by atoms with Gasteiger partial charge >= 0.3 is 0 Å². The summed E-state index contributed by atoms with van der Waals surface area (Å²) < 4.78 is 4.91.